The molecule has 0 N–H and O–H groups in total. The number of nitrogens with zero attached hydrogens (tertiary/aromatic N) is 1. The van der Waals surface area contributed by atoms with Gasteiger partial charge in [-0.25, -0.2) is 4.99 Å². The van der Waals surface area contributed by atoms with Crippen molar-refractivity contribution in [2.24, 2.45) is 4.99 Å². The quantitative estimate of drug-likeness (QED) is 0.576. The highest BCUT2D eigenvalue weighted by Crippen LogP contribution is 2.31. The van der Waals surface area contributed by atoms with Gasteiger partial charge in [0.1, 0.15) is 6.61 Å². The zero-order valence-electron chi connectivity index (χ0n) is 12.2. The molecule has 0 amide bonds. The smallest absolute Gasteiger partial charge is 0.194 e. The Kier molecular flexibility index (Phi) is 4.23. The van der Waals surface area contributed by atoms with Crippen molar-refractivity contribution >= 4 is 28.5 Å². The molecule has 1 aliphatic rings. The van der Waals surface area contributed by atoms with Crippen LogP contribution in [0.3, 0.4) is 0 Å². The van der Waals surface area contributed by atoms with Crippen molar-refractivity contribution in [3.8, 4) is 0 Å². The zero-order valence-corrected chi connectivity index (χ0v) is 14.3. The molecule has 1 aliphatic heterocycles. The van der Waals surface area contributed by atoms with Crippen molar-refractivity contribution < 1.29 is 4.74 Å². The Labute approximate surface area is 129 Å². The lowest BCUT2D eigenvalue weighted by Gasteiger charge is -2.24. The number of hydrogen-bond acceptors (Lipinski definition) is 2. The number of hydrogen-bond donors (Lipinski definition) is 0. The molecule has 0 spiro atoms. The van der Waals surface area contributed by atoms with E-state index >= 15 is 0 Å². The van der Waals surface area contributed by atoms with Crippen molar-refractivity contribution in [2.75, 3.05) is 11.0 Å². The van der Waals surface area contributed by atoms with Crippen LogP contribution >= 0.6 is 22.6 Å². The van der Waals surface area contributed by atoms with Crippen LogP contribution in [-0.4, -0.2) is 22.5 Å². The minimum atomic E-state index is -0.156. The van der Waals surface area contributed by atoms with Crippen LogP contribution in [0.5, 0.6) is 0 Å². The van der Waals surface area contributed by atoms with Crippen LogP contribution in [0.15, 0.2) is 29.3 Å². The highest BCUT2D eigenvalue weighted by molar-refractivity contribution is 14.1. The van der Waals surface area contributed by atoms with Gasteiger partial charge in [0.15, 0.2) is 5.90 Å². The summed E-state index contributed by atoms with van der Waals surface area (Å²) in [6.45, 7) is 9.26. The van der Waals surface area contributed by atoms with E-state index in [4.69, 9.17) is 9.73 Å². The normalized spacial score (nSPS) is 18.1. The molecule has 0 aliphatic carbocycles. The Morgan fingerprint density at radius 3 is 2.37 bits per heavy atom. The fourth-order valence-corrected chi connectivity index (χ4v) is 2.85. The Morgan fingerprint density at radius 1 is 1.26 bits per heavy atom. The van der Waals surface area contributed by atoms with Crippen LogP contribution in [0, 0.1) is 0 Å². The number of aliphatic imine (C=N–C) groups is 1. The van der Waals surface area contributed by atoms with Gasteiger partial charge in [0.25, 0.3) is 0 Å². The average molecular weight is 371 g/mol. The summed E-state index contributed by atoms with van der Waals surface area (Å²) in [5.74, 6) is 0.860. The lowest BCUT2D eigenvalue weighted by molar-refractivity contribution is 0.263. The van der Waals surface area contributed by atoms with E-state index in [0.29, 0.717) is 6.61 Å². The van der Waals surface area contributed by atoms with E-state index in [0.717, 1.165) is 16.7 Å². The maximum Gasteiger partial charge on any atom is 0.194 e. The number of benzene rings is 1. The van der Waals surface area contributed by atoms with Crippen LogP contribution in [0.2, 0.25) is 0 Å². The standard InChI is InChI=1S/C16H22INO/c1-15(2)11-19-14(18-15)16(3,4)13-7-5-12(6-8-13)9-10-17/h5-8H,9-11H2,1-4H3. The molecule has 0 bridgehead atoms. The molecule has 104 valence electrons. The third-order valence-electron chi connectivity index (χ3n) is 3.56. The number of rotatable bonds is 4. The molecule has 0 atom stereocenters. The lowest BCUT2D eigenvalue weighted by Crippen LogP contribution is -2.29. The molecule has 1 aromatic carbocycles. The van der Waals surface area contributed by atoms with Gasteiger partial charge in [0, 0.05) is 4.43 Å². The van der Waals surface area contributed by atoms with Gasteiger partial charge in [-0.15, -0.1) is 0 Å². The first kappa shape index (κ1) is 14.8. The average Bonchev–Trinajstić information content (AvgIpc) is 2.71. The molecule has 0 aromatic heterocycles. The molecule has 2 nitrogen and oxygen atoms in total. The predicted molar refractivity (Wildman–Crippen MR) is 89.5 cm³/mol. The van der Waals surface area contributed by atoms with Crippen LogP contribution in [0.1, 0.15) is 38.8 Å². The van der Waals surface area contributed by atoms with Gasteiger partial charge in [-0.1, -0.05) is 46.9 Å². The van der Waals surface area contributed by atoms with E-state index in [-0.39, 0.29) is 11.0 Å². The highest BCUT2D eigenvalue weighted by Gasteiger charge is 2.36. The summed E-state index contributed by atoms with van der Waals surface area (Å²) in [6, 6.07) is 8.85. The second-order valence-electron chi connectivity index (χ2n) is 6.28. The summed E-state index contributed by atoms with van der Waals surface area (Å²) in [5.41, 5.74) is 2.41. The highest BCUT2D eigenvalue weighted by atomic mass is 127. The second-order valence-corrected chi connectivity index (χ2v) is 7.36. The van der Waals surface area contributed by atoms with Crippen molar-refractivity contribution in [2.45, 2.75) is 45.1 Å². The van der Waals surface area contributed by atoms with Crippen molar-refractivity contribution in [3.05, 3.63) is 35.4 Å². The van der Waals surface area contributed by atoms with Crippen molar-refractivity contribution in [1.29, 1.82) is 0 Å². The van der Waals surface area contributed by atoms with Gasteiger partial charge < -0.3 is 4.74 Å². The largest absolute Gasteiger partial charge is 0.478 e. The number of aryl methyl sites for hydroxylation is 1. The fraction of sp³-hybridized carbons (Fsp3) is 0.562. The van der Waals surface area contributed by atoms with Gasteiger partial charge in [-0.05, 0) is 45.2 Å². The van der Waals surface area contributed by atoms with Gasteiger partial charge in [0.05, 0.1) is 11.0 Å². The molecule has 0 unspecified atom stereocenters. The molecule has 0 fully saturated rings. The van der Waals surface area contributed by atoms with Gasteiger partial charge in [-0.2, -0.15) is 0 Å². The minimum absolute atomic E-state index is 0.0895. The molecule has 2 rings (SSSR count). The SMILES string of the molecule is CC1(C)COC(C(C)(C)c2ccc(CCI)cc2)=N1. The molecule has 1 aromatic rings. The monoisotopic (exact) mass is 371 g/mol. The topological polar surface area (TPSA) is 21.6 Å². The molecular weight excluding hydrogens is 349 g/mol. The second kappa shape index (κ2) is 5.43. The number of halogens is 1. The molecule has 0 saturated carbocycles. The summed E-state index contributed by atoms with van der Waals surface area (Å²) < 4.78 is 6.97. The summed E-state index contributed by atoms with van der Waals surface area (Å²) in [7, 11) is 0. The van der Waals surface area contributed by atoms with Crippen LogP contribution in [-0.2, 0) is 16.6 Å². The molecule has 0 radical (unpaired) electrons. The van der Waals surface area contributed by atoms with Crippen LogP contribution in [0.4, 0.5) is 0 Å². The van der Waals surface area contributed by atoms with E-state index < -0.39 is 0 Å². The van der Waals surface area contributed by atoms with Crippen molar-refractivity contribution in [3.63, 3.8) is 0 Å². The van der Waals surface area contributed by atoms with Gasteiger partial charge in [-0.3, -0.25) is 0 Å². The van der Waals surface area contributed by atoms with E-state index in [1.807, 2.05) is 0 Å². The van der Waals surface area contributed by atoms with E-state index in [1.165, 1.54) is 11.1 Å². The molecule has 0 saturated heterocycles. The summed E-state index contributed by atoms with van der Waals surface area (Å²) in [5, 5.41) is 0. The first-order chi connectivity index (χ1) is 8.85. The maximum atomic E-state index is 5.81. The molecular formula is C16H22INO. The number of alkyl halides is 1. The summed E-state index contributed by atoms with van der Waals surface area (Å²) in [6.07, 6.45) is 1.13. The zero-order chi connectivity index (χ0) is 14.1. The molecule has 19 heavy (non-hydrogen) atoms. The first-order valence-corrected chi connectivity index (χ1v) is 8.26. The summed E-state index contributed by atoms with van der Waals surface area (Å²) in [4.78, 5) is 4.72. The third kappa shape index (κ3) is 3.30. The van der Waals surface area contributed by atoms with Crippen LogP contribution < -0.4 is 0 Å². The minimum Gasteiger partial charge on any atom is -0.478 e. The third-order valence-corrected chi connectivity index (χ3v) is 4.10. The number of ether oxygens (including phenoxy) is 1. The molecule has 1 heterocycles. The van der Waals surface area contributed by atoms with E-state index in [1.54, 1.807) is 0 Å². The Balaban J connectivity index is 2.24. The Bertz CT molecular complexity index is 474. The predicted octanol–water partition coefficient (Wildman–Crippen LogP) is 4.15. The van der Waals surface area contributed by atoms with E-state index in [9.17, 15) is 0 Å². The fourth-order valence-electron chi connectivity index (χ4n) is 2.23. The Hall–Kier alpha value is -0.580. The summed E-state index contributed by atoms with van der Waals surface area (Å²) >= 11 is 2.41. The van der Waals surface area contributed by atoms with Gasteiger partial charge in [0.2, 0.25) is 0 Å². The Morgan fingerprint density at radius 2 is 1.89 bits per heavy atom. The first-order valence-electron chi connectivity index (χ1n) is 6.74. The lowest BCUT2D eigenvalue weighted by atomic mass is 9.84. The van der Waals surface area contributed by atoms with Crippen LogP contribution in [0.25, 0.3) is 0 Å². The van der Waals surface area contributed by atoms with E-state index in [2.05, 4.69) is 74.6 Å². The van der Waals surface area contributed by atoms with Gasteiger partial charge >= 0.3 is 0 Å². The molecule has 3 heteroatoms. The maximum absolute atomic E-state index is 5.81. The van der Waals surface area contributed by atoms with Crippen molar-refractivity contribution in [1.82, 2.24) is 0 Å².